The van der Waals surface area contributed by atoms with E-state index in [1.807, 2.05) is 42.6 Å². The van der Waals surface area contributed by atoms with E-state index in [1.54, 1.807) is 30.5 Å². The Morgan fingerprint density at radius 1 is 1.12 bits per heavy atom. The van der Waals surface area contributed by atoms with Crippen LogP contribution in [0.4, 0.5) is 5.69 Å². The standard InChI is InChI=1S/C26H25N5O2/c27-14-20-7-6-19(25-29-15-24(30-25)17-4-5-17)13-23(20)31-26(32)18-8-10-22(11-9-18)33-16-21-3-1-2-12-28-21/h1-3,6-13,15,17H,4-5,14,16,27H2,(H,29,30)(H,31,32). The molecule has 2 heterocycles. The zero-order valence-electron chi connectivity index (χ0n) is 18.1. The Balaban J connectivity index is 1.28. The van der Waals surface area contributed by atoms with E-state index in [2.05, 4.69) is 15.3 Å². The van der Waals surface area contributed by atoms with Crippen LogP contribution in [0.2, 0.25) is 0 Å². The Kier molecular flexibility index (Phi) is 5.87. The van der Waals surface area contributed by atoms with E-state index in [9.17, 15) is 4.79 Å². The number of H-pyrrole nitrogens is 1. The number of rotatable bonds is 8. The van der Waals surface area contributed by atoms with Crippen LogP contribution in [-0.2, 0) is 13.2 Å². The van der Waals surface area contributed by atoms with E-state index in [0.29, 0.717) is 36.1 Å². The molecule has 1 fully saturated rings. The normalized spacial score (nSPS) is 13.0. The summed E-state index contributed by atoms with van der Waals surface area (Å²) in [5.41, 5.74) is 10.8. The fraction of sp³-hybridized carbons (Fsp3) is 0.192. The van der Waals surface area contributed by atoms with Gasteiger partial charge in [-0.2, -0.15) is 0 Å². The van der Waals surface area contributed by atoms with Gasteiger partial charge in [-0.1, -0.05) is 18.2 Å². The summed E-state index contributed by atoms with van der Waals surface area (Å²) in [6.07, 6.45) is 6.10. The molecule has 0 saturated heterocycles. The highest BCUT2D eigenvalue weighted by Gasteiger charge is 2.26. The zero-order valence-corrected chi connectivity index (χ0v) is 18.1. The van der Waals surface area contributed by atoms with E-state index in [1.165, 1.54) is 12.8 Å². The second-order valence-corrected chi connectivity index (χ2v) is 8.11. The van der Waals surface area contributed by atoms with E-state index in [-0.39, 0.29) is 5.91 Å². The average molecular weight is 440 g/mol. The zero-order chi connectivity index (χ0) is 22.6. The van der Waals surface area contributed by atoms with Crippen LogP contribution in [0.15, 0.2) is 73.1 Å². The lowest BCUT2D eigenvalue weighted by atomic mass is 10.1. The quantitative estimate of drug-likeness (QED) is 0.371. The van der Waals surface area contributed by atoms with E-state index in [4.69, 9.17) is 15.5 Å². The van der Waals surface area contributed by atoms with Crippen molar-refractivity contribution in [2.45, 2.75) is 31.9 Å². The van der Waals surface area contributed by atoms with Gasteiger partial charge in [0.25, 0.3) is 5.91 Å². The molecule has 1 saturated carbocycles. The number of anilines is 1. The summed E-state index contributed by atoms with van der Waals surface area (Å²) in [5.74, 6) is 1.83. The van der Waals surface area contributed by atoms with Crippen molar-refractivity contribution in [2.75, 3.05) is 5.32 Å². The minimum Gasteiger partial charge on any atom is -0.487 e. The molecule has 5 rings (SSSR count). The van der Waals surface area contributed by atoms with E-state index in [0.717, 1.165) is 28.3 Å². The van der Waals surface area contributed by atoms with Crippen molar-refractivity contribution in [1.29, 1.82) is 0 Å². The topological polar surface area (TPSA) is 106 Å². The van der Waals surface area contributed by atoms with Gasteiger partial charge >= 0.3 is 0 Å². The average Bonchev–Trinajstić information content (AvgIpc) is 3.60. The van der Waals surface area contributed by atoms with Gasteiger partial charge in [0.05, 0.1) is 11.4 Å². The number of benzene rings is 2. The molecular formula is C26H25N5O2. The highest BCUT2D eigenvalue weighted by atomic mass is 16.5. The van der Waals surface area contributed by atoms with Crippen molar-refractivity contribution < 1.29 is 9.53 Å². The lowest BCUT2D eigenvalue weighted by molar-refractivity contribution is 0.102. The summed E-state index contributed by atoms with van der Waals surface area (Å²) in [4.78, 5) is 25.1. The number of aromatic amines is 1. The largest absolute Gasteiger partial charge is 0.487 e. The third kappa shape index (κ3) is 4.94. The summed E-state index contributed by atoms with van der Waals surface area (Å²) >= 11 is 0. The number of hydrogen-bond donors (Lipinski definition) is 3. The second kappa shape index (κ2) is 9.26. The predicted molar refractivity (Wildman–Crippen MR) is 127 cm³/mol. The molecule has 0 unspecified atom stereocenters. The Morgan fingerprint density at radius 2 is 1.97 bits per heavy atom. The van der Waals surface area contributed by atoms with Crippen molar-refractivity contribution in [1.82, 2.24) is 15.0 Å². The number of ether oxygens (including phenoxy) is 1. The van der Waals surface area contributed by atoms with Gasteiger partial charge in [-0.25, -0.2) is 4.98 Å². The summed E-state index contributed by atoms with van der Waals surface area (Å²) < 4.78 is 5.75. The molecule has 7 nitrogen and oxygen atoms in total. The molecule has 0 spiro atoms. The molecule has 4 N–H and O–H groups in total. The smallest absolute Gasteiger partial charge is 0.255 e. The van der Waals surface area contributed by atoms with Crippen LogP contribution in [0, 0.1) is 0 Å². The monoisotopic (exact) mass is 439 g/mol. The van der Waals surface area contributed by atoms with Gasteiger partial charge < -0.3 is 20.8 Å². The molecule has 0 radical (unpaired) electrons. The first-order valence-corrected chi connectivity index (χ1v) is 11.0. The molecule has 2 aromatic heterocycles. The third-order valence-electron chi connectivity index (χ3n) is 5.67. The predicted octanol–water partition coefficient (Wildman–Crippen LogP) is 4.64. The molecule has 4 aromatic rings. The van der Waals surface area contributed by atoms with Crippen LogP contribution in [0.25, 0.3) is 11.4 Å². The van der Waals surface area contributed by atoms with Crippen molar-refractivity contribution >= 4 is 11.6 Å². The summed E-state index contributed by atoms with van der Waals surface area (Å²) in [5, 5.41) is 3.00. The van der Waals surface area contributed by atoms with Gasteiger partial charge in [0.1, 0.15) is 18.2 Å². The summed E-state index contributed by atoms with van der Waals surface area (Å²) in [6, 6.07) is 18.5. The molecule has 0 bridgehead atoms. The fourth-order valence-corrected chi connectivity index (χ4v) is 3.63. The number of carbonyl (C=O) groups excluding carboxylic acids is 1. The number of nitrogens with zero attached hydrogens (tertiary/aromatic N) is 2. The van der Waals surface area contributed by atoms with Gasteiger partial charge in [0.2, 0.25) is 0 Å². The highest BCUT2D eigenvalue weighted by Crippen LogP contribution is 2.39. The van der Waals surface area contributed by atoms with Gasteiger partial charge in [-0.3, -0.25) is 9.78 Å². The Morgan fingerprint density at radius 3 is 2.70 bits per heavy atom. The number of carbonyl (C=O) groups is 1. The first-order chi connectivity index (χ1) is 16.2. The molecule has 1 aliphatic carbocycles. The Labute approximate surface area is 192 Å². The number of imidazole rings is 1. The number of amides is 1. The van der Waals surface area contributed by atoms with E-state index < -0.39 is 0 Å². The van der Waals surface area contributed by atoms with Crippen molar-refractivity contribution in [3.05, 3.63) is 95.6 Å². The van der Waals surface area contributed by atoms with Gasteiger partial charge in [0, 0.05) is 41.7 Å². The molecular weight excluding hydrogens is 414 g/mol. The molecule has 2 aromatic carbocycles. The number of pyridine rings is 1. The maximum Gasteiger partial charge on any atom is 0.255 e. The first-order valence-electron chi connectivity index (χ1n) is 11.0. The van der Waals surface area contributed by atoms with Gasteiger partial charge in [0.15, 0.2) is 0 Å². The Hall–Kier alpha value is -3.97. The summed E-state index contributed by atoms with van der Waals surface area (Å²) in [6.45, 7) is 0.690. The van der Waals surface area contributed by atoms with Crippen LogP contribution in [-0.4, -0.2) is 20.9 Å². The lowest BCUT2D eigenvalue weighted by Gasteiger charge is -2.12. The minimum atomic E-state index is -0.212. The molecule has 0 atom stereocenters. The van der Waals surface area contributed by atoms with Crippen LogP contribution in [0.5, 0.6) is 5.75 Å². The second-order valence-electron chi connectivity index (χ2n) is 8.11. The third-order valence-corrected chi connectivity index (χ3v) is 5.67. The number of hydrogen-bond acceptors (Lipinski definition) is 5. The number of nitrogens with one attached hydrogen (secondary N) is 2. The Bertz CT molecular complexity index is 1250. The molecule has 33 heavy (non-hydrogen) atoms. The van der Waals surface area contributed by atoms with Crippen molar-refractivity contribution in [3.8, 4) is 17.1 Å². The first kappa shape index (κ1) is 20.9. The van der Waals surface area contributed by atoms with Crippen LogP contribution in [0.3, 0.4) is 0 Å². The molecule has 7 heteroatoms. The highest BCUT2D eigenvalue weighted by molar-refractivity contribution is 6.05. The molecule has 166 valence electrons. The van der Waals surface area contributed by atoms with Gasteiger partial charge in [-0.15, -0.1) is 0 Å². The molecule has 1 amide bonds. The SMILES string of the molecule is NCc1ccc(-c2nc(C3CC3)c[nH]2)cc1NC(=O)c1ccc(OCc2ccccn2)cc1. The van der Waals surface area contributed by atoms with Crippen molar-refractivity contribution in [3.63, 3.8) is 0 Å². The maximum absolute atomic E-state index is 12.9. The maximum atomic E-state index is 12.9. The van der Waals surface area contributed by atoms with Crippen LogP contribution >= 0.6 is 0 Å². The van der Waals surface area contributed by atoms with Gasteiger partial charge in [-0.05, 0) is 60.9 Å². The van der Waals surface area contributed by atoms with Crippen molar-refractivity contribution in [2.24, 2.45) is 5.73 Å². The lowest BCUT2D eigenvalue weighted by Crippen LogP contribution is -2.14. The number of nitrogens with two attached hydrogens (primary N) is 1. The number of aromatic nitrogens is 3. The molecule has 1 aliphatic rings. The summed E-state index contributed by atoms with van der Waals surface area (Å²) in [7, 11) is 0. The van der Waals surface area contributed by atoms with Crippen LogP contribution in [0.1, 0.15) is 46.1 Å². The van der Waals surface area contributed by atoms with Crippen LogP contribution < -0.4 is 15.8 Å². The minimum absolute atomic E-state index is 0.212. The molecule has 0 aliphatic heterocycles. The fourth-order valence-electron chi connectivity index (χ4n) is 3.63. The van der Waals surface area contributed by atoms with E-state index >= 15 is 0 Å².